The highest BCUT2D eigenvalue weighted by molar-refractivity contribution is 7.70. The molecule has 4 aromatic rings. The highest BCUT2D eigenvalue weighted by Crippen LogP contribution is 2.62. The van der Waals surface area contributed by atoms with E-state index in [1.54, 1.807) is 23.5 Å². The summed E-state index contributed by atoms with van der Waals surface area (Å²) in [6.07, 6.45) is 0. The molecule has 0 radical (unpaired) electrons. The van der Waals surface area contributed by atoms with Crippen molar-refractivity contribution in [2.24, 2.45) is 9.74 Å². The SMILES string of the molecule is Cc1nn(-c2ccccc2)c2c1[P@](=Nc1ccc([N+](=O)[O-])cc1)(N1CCOCC1)N(C)C(c1cccs1)=N2. The van der Waals surface area contributed by atoms with Crippen LogP contribution in [0.2, 0.25) is 0 Å². The van der Waals surface area contributed by atoms with Crippen molar-refractivity contribution in [2.45, 2.75) is 6.92 Å². The van der Waals surface area contributed by atoms with E-state index in [0.717, 1.165) is 33.2 Å². The molecule has 1 atom stereocenters. The number of nitrogens with zero attached hydrogens (tertiary/aromatic N) is 7. The Morgan fingerprint density at radius 3 is 2.45 bits per heavy atom. The summed E-state index contributed by atoms with van der Waals surface area (Å²) in [5.74, 6) is 1.59. The number of para-hydroxylation sites is 1. The van der Waals surface area contributed by atoms with E-state index < -0.39 is 12.3 Å². The van der Waals surface area contributed by atoms with Gasteiger partial charge < -0.3 is 9.41 Å². The number of fused-ring (bicyclic) bond motifs is 1. The summed E-state index contributed by atoms with van der Waals surface area (Å²) >= 11 is 1.63. The van der Waals surface area contributed by atoms with E-state index in [4.69, 9.17) is 19.6 Å². The van der Waals surface area contributed by atoms with Gasteiger partial charge in [0.05, 0.1) is 45.4 Å². The summed E-state index contributed by atoms with van der Waals surface area (Å²) in [5.41, 5.74) is 2.49. The zero-order valence-electron chi connectivity index (χ0n) is 21.0. The molecule has 0 bridgehead atoms. The van der Waals surface area contributed by atoms with Crippen molar-refractivity contribution in [3.63, 3.8) is 0 Å². The number of aryl methyl sites for hydroxylation is 1. The van der Waals surface area contributed by atoms with Gasteiger partial charge in [-0.15, -0.1) is 11.3 Å². The number of aliphatic imine (C=N–C) groups is 1. The average Bonchev–Trinajstić information content (AvgIpc) is 3.60. The Morgan fingerprint density at radius 1 is 1.05 bits per heavy atom. The maximum absolute atomic E-state index is 11.3. The standard InChI is InChI=1S/C26H26N7O3PS/c1-19-24-26(32(28-19)21-7-4-3-5-8-21)27-25(23-9-6-18-38-23)30(2)37(24,31-14-16-36-17-15-31)29-20-10-12-22(13-11-20)33(34)35/h3-13,18H,14-17H2,1-2H3/t37-/m1/s1. The van der Waals surface area contributed by atoms with Crippen LogP contribution in [0.15, 0.2) is 81.8 Å². The molecule has 4 heterocycles. The molecule has 0 aliphatic carbocycles. The van der Waals surface area contributed by atoms with Crippen LogP contribution < -0.4 is 5.30 Å². The number of aromatic nitrogens is 2. The smallest absolute Gasteiger partial charge is 0.269 e. The molecular weight excluding hydrogens is 521 g/mol. The number of non-ortho nitro benzene ring substituents is 1. The quantitative estimate of drug-likeness (QED) is 0.186. The number of nitro groups is 1. The second kappa shape index (κ2) is 9.92. The Bertz CT molecular complexity index is 1560. The van der Waals surface area contributed by atoms with Gasteiger partial charge in [-0.3, -0.25) is 10.1 Å². The normalized spacial score (nSPS) is 19.6. The predicted molar refractivity (Wildman–Crippen MR) is 151 cm³/mol. The minimum absolute atomic E-state index is 0.0364. The van der Waals surface area contributed by atoms with Crippen molar-refractivity contribution in [1.82, 2.24) is 19.1 Å². The molecule has 0 unspecified atom stereocenters. The van der Waals surface area contributed by atoms with E-state index in [1.165, 1.54) is 12.1 Å². The van der Waals surface area contributed by atoms with Gasteiger partial charge in [-0.05, 0) is 42.6 Å². The largest absolute Gasteiger partial charge is 0.379 e. The Balaban J connectivity index is 1.68. The van der Waals surface area contributed by atoms with Gasteiger partial charge in [0.1, 0.15) is 0 Å². The molecule has 6 rings (SSSR count). The minimum atomic E-state index is -2.71. The number of benzene rings is 2. The lowest BCUT2D eigenvalue weighted by atomic mass is 10.3. The third-order valence-electron chi connectivity index (χ3n) is 6.68. The fourth-order valence-electron chi connectivity index (χ4n) is 4.93. The molecule has 38 heavy (non-hydrogen) atoms. The summed E-state index contributed by atoms with van der Waals surface area (Å²) in [6.45, 7) is 4.60. The lowest BCUT2D eigenvalue weighted by Gasteiger charge is -2.46. The van der Waals surface area contributed by atoms with Crippen molar-refractivity contribution >= 4 is 47.0 Å². The first-order valence-electron chi connectivity index (χ1n) is 12.2. The number of thiophene rings is 1. The van der Waals surface area contributed by atoms with Crippen LogP contribution in [0.1, 0.15) is 10.6 Å². The average molecular weight is 548 g/mol. The monoisotopic (exact) mass is 547 g/mol. The van der Waals surface area contributed by atoms with E-state index in [1.807, 2.05) is 53.4 Å². The second-order valence-corrected chi connectivity index (χ2v) is 12.8. The van der Waals surface area contributed by atoms with Crippen LogP contribution >= 0.6 is 18.7 Å². The first-order valence-corrected chi connectivity index (χ1v) is 14.7. The van der Waals surface area contributed by atoms with Crippen LogP contribution in [0.4, 0.5) is 17.2 Å². The molecule has 194 valence electrons. The molecule has 1 saturated heterocycles. The van der Waals surface area contributed by atoms with Gasteiger partial charge in [0.2, 0.25) is 0 Å². The molecule has 0 N–H and O–H groups in total. The second-order valence-electron chi connectivity index (χ2n) is 8.95. The predicted octanol–water partition coefficient (Wildman–Crippen LogP) is 5.49. The lowest BCUT2D eigenvalue weighted by molar-refractivity contribution is -0.384. The van der Waals surface area contributed by atoms with Gasteiger partial charge in [-0.25, -0.2) is 19.1 Å². The number of amidine groups is 1. The van der Waals surface area contributed by atoms with Crippen molar-refractivity contribution < 1.29 is 9.66 Å². The van der Waals surface area contributed by atoms with Gasteiger partial charge in [0, 0.05) is 32.3 Å². The molecular formula is C26H26N7O3PS. The van der Waals surface area contributed by atoms with Crippen LogP contribution in [0.3, 0.4) is 0 Å². The summed E-state index contributed by atoms with van der Waals surface area (Å²) in [4.78, 5) is 17.2. The molecule has 0 spiro atoms. The van der Waals surface area contributed by atoms with Crippen LogP contribution in [0, 0.1) is 17.0 Å². The number of hydrogen-bond donors (Lipinski definition) is 0. The first-order chi connectivity index (χ1) is 18.5. The van der Waals surface area contributed by atoms with Crippen LogP contribution in [0.25, 0.3) is 5.69 Å². The number of hydrogen-bond acceptors (Lipinski definition) is 7. The Morgan fingerprint density at radius 2 is 1.79 bits per heavy atom. The van der Waals surface area contributed by atoms with E-state index in [9.17, 15) is 10.1 Å². The molecule has 2 aromatic heterocycles. The van der Waals surface area contributed by atoms with Gasteiger partial charge in [0.15, 0.2) is 19.0 Å². The molecule has 0 saturated carbocycles. The number of nitro benzene ring substituents is 1. The summed E-state index contributed by atoms with van der Waals surface area (Å²) in [6, 6.07) is 20.6. The van der Waals surface area contributed by atoms with Gasteiger partial charge in [-0.2, -0.15) is 5.10 Å². The van der Waals surface area contributed by atoms with E-state index >= 15 is 0 Å². The topological polar surface area (TPSA) is 101 Å². The van der Waals surface area contributed by atoms with Crippen LogP contribution in [-0.2, 0) is 4.74 Å². The number of morpholine rings is 1. The third-order valence-corrected chi connectivity index (χ3v) is 11.4. The maximum atomic E-state index is 11.3. The fourth-order valence-corrected chi connectivity index (χ4v) is 9.55. The minimum Gasteiger partial charge on any atom is -0.379 e. The van der Waals surface area contributed by atoms with Crippen LogP contribution in [-0.4, -0.2) is 63.2 Å². The van der Waals surface area contributed by atoms with Crippen molar-refractivity contribution in [3.8, 4) is 5.69 Å². The molecule has 2 aromatic carbocycles. The third kappa shape index (κ3) is 4.08. The summed E-state index contributed by atoms with van der Waals surface area (Å²) in [5, 5.41) is 19.3. The highest BCUT2D eigenvalue weighted by atomic mass is 32.1. The molecule has 2 aliphatic heterocycles. The van der Waals surface area contributed by atoms with Gasteiger partial charge in [0.25, 0.3) is 5.69 Å². The zero-order valence-corrected chi connectivity index (χ0v) is 22.7. The van der Waals surface area contributed by atoms with Gasteiger partial charge >= 0.3 is 0 Å². The van der Waals surface area contributed by atoms with Crippen LogP contribution in [0.5, 0.6) is 0 Å². The fraction of sp³-hybridized carbons (Fsp3) is 0.231. The van der Waals surface area contributed by atoms with E-state index in [0.29, 0.717) is 32.0 Å². The summed E-state index contributed by atoms with van der Waals surface area (Å²) < 4.78 is 17.8. The Hall–Kier alpha value is -3.63. The van der Waals surface area contributed by atoms with Gasteiger partial charge in [-0.1, -0.05) is 24.3 Å². The molecule has 10 nitrogen and oxygen atoms in total. The number of rotatable bonds is 5. The van der Waals surface area contributed by atoms with E-state index in [-0.39, 0.29) is 5.69 Å². The molecule has 12 heteroatoms. The Kier molecular flexibility index (Phi) is 6.45. The first kappa shape index (κ1) is 24.7. The highest BCUT2D eigenvalue weighted by Gasteiger charge is 2.45. The molecule has 1 fully saturated rings. The molecule has 0 amide bonds. The number of ether oxygens (including phenoxy) is 1. The Labute approximate surface area is 224 Å². The van der Waals surface area contributed by atoms with Crippen molar-refractivity contribution in [3.05, 3.63) is 92.8 Å². The zero-order chi connectivity index (χ0) is 26.3. The summed E-state index contributed by atoms with van der Waals surface area (Å²) in [7, 11) is -0.653. The maximum Gasteiger partial charge on any atom is 0.269 e. The van der Waals surface area contributed by atoms with Crippen molar-refractivity contribution in [2.75, 3.05) is 33.4 Å². The van der Waals surface area contributed by atoms with Crippen molar-refractivity contribution in [1.29, 1.82) is 0 Å². The molecule has 2 aliphatic rings. The van der Waals surface area contributed by atoms with E-state index in [2.05, 4.69) is 22.5 Å². The lowest BCUT2D eigenvalue weighted by Crippen LogP contribution is -2.45.